The van der Waals surface area contributed by atoms with Crippen molar-refractivity contribution < 1.29 is 9.90 Å². The van der Waals surface area contributed by atoms with Crippen LogP contribution in [-0.4, -0.2) is 34.1 Å². The van der Waals surface area contributed by atoms with E-state index < -0.39 is 5.97 Å². The standard InChI is InChI=1S/C12H18N2O2/c1-8(7-13)14-10-2-3-11(14)5-9(4-10)6-12(15)16/h8-11H,2-6H2,1H3,(H,15,16). The van der Waals surface area contributed by atoms with Gasteiger partial charge in [-0.15, -0.1) is 0 Å². The topological polar surface area (TPSA) is 64.3 Å². The summed E-state index contributed by atoms with van der Waals surface area (Å²) in [5.41, 5.74) is 0. The molecule has 1 N–H and O–H groups in total. The Balaban J connectivity index is 2.01. The van der Waals surface area contributed by atoms with Gasteiger partial charge in [0.2, 0.25) is 0 Å². The zero-order valence-electron chi connectivity index (χ0n) is 9.59. The molecule has 0 spiro atoms. The molecular weight excluding hydrogens is 204 g/mol. The van der Waals surface area contributed by atoms with Gasteiger partial charge < -0.3 is 5.11 Å². The number of hydrogen-bond acceptors (Lipinski definition) is 3. The van der Waals surface area contributed by atoms with E-state index in [4.69, 9.17) is 10.4 Å². The first-order valence-electron chi connectivity index (χ1n) is 6.00. The minimum absolute atomic E-state index is 0.0247. The SMILES string of the molecule is CC(C#N)N1C2CCC1CC(CC(=O)O)C2. The van der Waals surface area contributed by atoms with Crippen molar-refractivity contribution in [3.63, 3.8) is 0 Å². The summed E-state index contributed by atoms with van der Waals surface area (Å²) in [5.74, 6) is -0.372. The highest BCUT2D eigenvalue weighted by Gasteiger charge is 2.43. The Hall–Kier alpha value is -1.08. The van der Waals surface area contributed by atoms with E-state index in [1.807, 2.05) is 6.92 Å². The molecule has 0 amide bonds. The lowest BCUT2D eigenvalue weighted by atomic mass is 9.87. The molecule has 88 valence electrons. The Bertz CT molecular complexity index is 309. The molecule has 16 heavy (non-hydrogen) atoms. The number of aliphatic carboxylic acids is 1. The molecule has 4 nitrogen and oxygen atoms in total. The van der Waals surface area contributed by atoms with E-state index in [0.717, 1.165) is 25.7 Å². The van der Waals surface area contributed by atoms with Gasteiger partial charge in [-0.1, -0.05) is 0 Å². The number of nitrogens with zero attached hydrogens (tertiary/aromatic N) is 2. The van der Waals surface area contributed by atoms with Crippen LogP contribution in [0.5, 0.6) is 0 Å². The molecule has 2 bridgehead atoms. The van der Waals surface area contributed by atoms with Crippen molar-refractivity contribution in [1.82, 2.24) is 4.90 Å². The summed E-state index contributed by atoms with van der Waals surface area (Å²) in [6.07, 6.45) is 4.46. The second-order valence-corrected chi connectivity index (χ2v) is 5.07. The lowest BCUT2D eigenvalue weighted by molar-refractivity contribution is -0.138. The molecule has 4 heteroatoms. The largest absolute Gasteiger partial charge is 0.481 e. The van der Waals surface area contributed by atoms with E-state index >= 15 is 0 Å². The quantitative estimate of drug-likeness (QED) is 0.788. The van der Waals surface area contributed by atoms with Gasteiger partial charge in [-0.05, 0) is 38.5 Å². The fraction of sp³-hybridized carbons (Fsp3) is 0.833. The Morgan fingerprint density at radius 2 is 2.06 bits per heavy atom. The molecule has 2 saturated heterocycles. The molecule has 0 saturated carbocycles. The number of carbonyl (C=O) groups is 1. The Morgan fingerprint density at radius 1 is 1.50 bits per heavy atom. The molecule has 2 aliphatic heterocycles. The molecule has 2 heterocycles. The number of piperidine rings is 1. The van der Waals surface area contributed by atoms with Crippen LogP contribution in [0.15, 0.2) is 0 Å². The fourth-order valence-corrected chi connectivity index (χ4v) is 3.44. The number of nitriles is 1. The maximum absolute atomic E-state index is 10.7. The monoisotopic (exact) mass is 222 g/mol. The molecule has 0 aromatic heterocycles. The van der Waals surface area contributed by atoms with Gasteiger partial charge in [-0.2, -0.15) is 5.26 Å². The smallest absolute Gasteiger partial charge is 0.303 e. The van der Waals surface area contributed by atoms with Crippen LogP contribution in [0.2, 0.25) is 0 Å². The van der Waals surface area contributed by atoms with E-state index in [1.54, 1.807) is 0 Å². The number of fused-ring (bicyclic) bond motifs is 2. The molecule has 3 unspecified atom stereocenters. The summed E-state index contributed by atoms with van der Waals surface area (Å²) < 4.78 is 0. The highest BCUT2D eigenvalue weighted by molar-refractivity contribution is 5.67. The first-order chi connectivity index (χ1) is 7.61. The lowest BCUT2D eigenvalue weighted by Gasteiger charge is -2.40. The molecular formula is C12H18N2O2. The van der Waals surface area contributed by atoms with Gasteiger partial charge in [0, 0.05) is 18.5 Å². The van der Waals surface area contributed by atoms with Gasteiger partial charge >= 0.3 is 5.97 Å². The Morgan fingerprint density at radius 3 is 2.50 bits per heavy atom. The van der Waals surface area contributed by atoms with Gasteiger partial charge in [0.05, 0.1) is 12.1 Å². The minimum atomic E-state index is -0.689. The molecule has 2 fully saturated rings. The van der Waals surface area contributed by atoms with Crippen molar-refractivity contribution in [3.05, 3.63) is 0 Å². The van der Waals surface area contributed by atoms with E-state index in [9.17, 15) is 4.79 Å². The molecule has 2 rings (SSSR count). The number of carboxylic acids is 1. The minimum Gasteiger partial charge on any atom is -0.481 e. The first-order valence-corrected chi connectivity index (χ1v) is 6.00. The normalized spacial score (nSPS) is 35.6. The van der Waals surface area contributed by atoms with E-state index in [2.05, 4.69) is 11.0 Å². The lowest BCUT2D eigenvalue weighted by Crippen LogP contribution is -2.47. The van der Waals surface area contributed by atoms with Crippen molar-refractivity contribution in [1.29, 1.82) is 5.26 Å². The van der Waals surface area contributed by atoms with Crippen LogP contribution in [0.4, 0.5) is 0 Å². The molecule has 0 radical (unpaired) electrons. The van der Waals surface area contributed by atoms with Crippen LogP contribution >= 0.6 is 0 Å². The van der Waals surface area contributed by atoms with Gasteiger partial charge in [0.1, 0.15) is 0 Å². The van der Waals surface area contributed by atoms with Crippen LogP contribution in [0, 0.1) is 17.2 Å². The molecule has 3 atom stereocenters. The fourth-order valence-electron chi connectivity index (χ4n) is 3.44. The average Bonchev–Trinajstić information content (AvgIpc) is 2.49. The van der Waals surface area contributed by atoms with Crippen LogP contribution < -0.4 is 0 Å². The van der Waals surface area contributed by atoms with Crippen LogP contribution in [0.1, 0.15) is 39.0 Å². The van der Waals surface area contributed by atoms with Crippen molar-refractivity contribution in [3.8, 4) is 6.07 Å². The van der Waals surface area contributed by atoms with E-state index in [0.29, 0.717) is 24.4 Å². The molecule has 0 aliphatic carbocycles. The number of carboxylic acid groups (broad SMARTS) is 1. The predicted molar refractivity (Wildman–Crippen MR) is 58.7 cm³/mol. The number of hydrogen-bond donors (Lipinski definition) is 1. The molecule has 0 aromatic rings. The van der Waals surface area contributed by atoms with Crippen molar-refractivity contribution in [2.75, 3.05) is 0 Å². The third-order valence-electron chi connectivity index (χ3n) is 3.98. The van der Waals surface area contributed by atoms with Gasteiger partial charge in [0.25, 0.3) is 0 Å². The van der Waals surface area contributed by atoms with Crippen LogP contribution in [0.25, 0.3) is 0 Å². The van der Waals surface area contributed by atoms with Gasteiger partial charge in [0.15, 0.2) is 0 Å². The highest BCUT2D eigenvalue weighted by atomic mass is 16.4. The van der Waals surface area contributed by atoms with Gasteiger partial charge in [-0.25, -0.2) is 0 Å². The van der Waals surface area contributed by atoms with Gasteiger partial charge in [-0.3, -0.25) is 9.69 Å². The summed E-state index contributed by atoms with van der Waals surface area (Å²) in [6.45, 7) is 1.95. The zero-order chi connectivity index (χ0) is 11.7. The maximum atomic E-state index is 10.7. The summed E-state index contributed by atoms with van der Waals surface area (Å²) in [6, 6.07) is 3.16. The predicted octanol–water partition coefficient (Wildman–Crippen LogP) is 1.62. The molecule has 0 aromatic carbocycles. The van der Waals surface area contributed by atoms with E-state index in [1.165, 1.54) is 0 Å². The van der Waals surface area contributed by atoms with E-state index in [-0.39, 0.29) is 6.04 Å². The summed E-state index contributed by atoms with van der Waals surface area (Å²) in [5, 5.41) is 17.8. The average molecular weight is 222 g/mol. The van der Waals surface area contributed by atoms with Crippen molar-refractivity contribution in [2.45, 2.75) is 57.2 Å². The maximum Gasteiger partial charge on any atom is 0.303 e. The second-order valence-electron chi connectivity index (χ2n) is 5.07. The summed E-state index contributed by atoms with van der Waals surface area (Å²) in [4.78, 5) is 13.0. The summed E-state index contributed by atoms with van der Waals surface area (Å²) in [7, 11) is 0. The Kier molecular flexibility index (Phi) is 3.15. The van der Waals surface area contributed by atoms with Crippen LogP contribution in [-0.2, 0) is 4.79 Å². The molecule has 2 aliphatic rings. The van der Waals surface area contributed by atoms with Crippen molar-refractivity contribution >= 4 is 5.97 Å². The van der Waals surface area contributed by atoms with Crippen LogP contribution in [0.3, 0.4) is 0 Å². The zero-order valence-corrected chi connectivity index (χ0v) is 9.59. The second kappa shape index (κ2) is 4.42. The third-order valence-corrected chi connectivity index (χ3v) is 3.98. The Labute approximate surface area is 95.9 Å². The first kappa shape index (κ1) is 11.4. The third kappa shape index (κ3) is 2.05. The highest BCUT2D eigenvalue weighted by Crippen LogP contribution is 2.40. The summed E-state index contributed by atoms with van der Waals surface area (Å²) >= 11 is 0. The van der Waals surface area contributed by atoms with Crippen molar-refractivity contribution in [2.24, 2.45) is 5.92 Å². The number of rotatable bonds is 3.